The summed E-state index contributed by atoms with van der Waals surface area (Å²) < 4.78 is 40.9. The third-order valence-corrected chi connectivity index (χ3v) is 6.16. The van der Waals surface area contributed by atoms with Crippen molar-refractivity contribution in [2.75, 3.05) is 11.5 Å². The number of hydrogen-bond donors (Lipinski definition) is 1. The zero-order valence-electron chi connectivity index (χ0n) is 13.9. The van der Waals surface area contributed by atoms with Crippen LogP contribution in [0.5, 0.6) is 0 Å². The van der Waals surface area contributed by atoms with E-state index in [2.05, 4.69) is 0 Å². The Bertz CT molecular complexity index is 931. The minimum atomic E-state index is -4.66. The fraction of sp³-hybridized carbons (Fsp3) is 0.368. The summed E-state index contributed by atoms with van der Waals surface area (Å²) in [7, 11) is 0. The first-order chi connectivity index (χ1) is 12.8. The molecule has 1 N–H and O–H groups in total. The topological polar surface area (TPSA) is 95.2 Å². The predicted octanol–water partition coefficient (Wildman–Crippen LogP) is 4.29. The molecule has 3 atom stereocenters. The smallest absolute Gasteiger partial charge is 0.305 e. The Kier molecular flexibility index (Phi) is 4.76. The number of alkyl halides is 3. The van der Waals surface area contributed by atoms with E-state index in [4.69, 9.17) is 5.41 Å². The summed E-state index contributed by atoms with van der Waals surface area (Å²) in [5.74, 6) is -1.85. The van der Waals surface area contributed by atoms with Gasteiger partial charge in [-0.1, -0.05) is 24.3 Å². The maximum atomic E-state index is 13.6. The van der Waals surface area contributed by atoms with Crippen LogP contribution in [-0.4, -0.2) is 17.2 Å². The molecule has 1 aromatic carbocycles. The van der Waals surface area contributed by atoms with Crippen molar-refractivity contribution in [1.82, 2.24) is 0 Å². The van der Waals surface area contributed by atoms with Gasteiger partial charge in [0.05, 0.1) is 29.5 Å². The first-order valence-electron chi connectivity index (χ1n) is 8.06. The molecule has 0 aromatic heterocycles. The molecule has 0 spiro atoms. The fourth-order valence-corrected chi connectivity index (χ4v) is 5.07. The van der Waals surface area contributed by atoms with Gasteiger partial charge in [-0.3, -0.25) is 0 Å². The second-order valence-corrected chi connectivity index (χ2v) is 7.49. The van der Waals surface area contributed by atoms with Crippen LogP contribution in [0.1, 0.15) is 17.0 Å². The second-order valence-electron chi connectivity index (χ2n) is 6.42. The molecular formula is C19H13F3N4S. The van der Waals surface area contributed by atoms with Crippen molar-refractivity contribution < 1.29 is 13.2 Å². The van der Waals surface area contributed by atoms with Gasteiger partial charge < -0.3 is 5.41 Å². The molecule has 1 fully saturated rings. The Hall–Kier alpha value is -2.76. The van der Waals surface area contributed by atoms with Crippen LogP contribution in [0, 0.1) is 56.7 Å². The first kappa shape index (κ1) is 19.0. The van der Waals surface area contributed by atoms with E-state index in [-0.39, 0.29) is 5.56 Å². The minimum absolute atomic E-state index is 0.173. The van der Waals surface area contributed by atoms with Gasteiger partial charge in [-0.05, 0) is 17.2 Å². The Morgan fingerprint density at radius 3 is 2.41 bits per heavy atom. The Morgan fingerprint density at radius 1 is 1.15 bits per heavy atom. The Balaban J connectivity index is 2.33. The number of nitrogens with zero attached hydrogens (tertiary/aromatic N) is 3. The lowest BCUT2D eigenvalue weighted by molar-refractivity contribution is -0.138. The van der Waals surface area contributed by atoms with Gasteiger partial charge in [-0.25, -0.2) is 0 Å². The van der Waals surface area contributed by atoms with Crippen LogP contribution in [0.4, 0.5) is 13.2 Å². The molecule has 0 unspecified atom stereocenters. The number of halogens is 3. The summed E-state index contributed by atoms with van der Waals surface area (Å²) in [4.78, 5) is 0. The molecule has 0 radical (unpaired) electrons. The van der Waals surface area contributed by atoms with E-state index in [1.54, 1.807) is 18.2 Å². The lowest BCUT2D eigenvalue weighted by atomic mass is 9.54. The SMILES string of the molecule is N#C[C@@H]1C(=N)C(C#N)(C#N)[C@@H](c2ccccc2C(F)(F)F)[C@H]2CSCC=C12. The monoisotopic (exact) mass is 386 g/mol. The molecule has 3 rings (SSSR count). The van der Waals surface area contributed by atoms with Gasteiger partial charge in [0.15, 0.2) is 5.41 Å². The van der Waals surface area contributed by atoms with Crippen molar-refractivity contribution in [2.24, 2.45) is 17.3 Å². The van der Waals surface area contributed by atoms with Gasteiger partial charge in [-0.2, -0.15) is 40.7 Å². The molecular weight excluding hydrogens is 373 g/mol. The lowest BCUT2D eigenvalue weighted by Crippen LogP contribution is -2.50. The molecule has 1 aromatic rings. The molecule has 0 saturated heterocycles. The van der Waals surface area contributed by atoms with Gasteiger partial charge in [0.2, 0.25) is 0 Å². The van der Waals surface area contributed by atoms with Crippen LogP contribution in [0.25, 0.3) is 0 Å². The molecule has 0 amide bonds. The quantitative estimate of drug-likeness (QED) is 0.729. The summed E-state index contributed by atoms with van der Waals surface area (Å²) in [6, 6.07) is 10.5. The van der Waals surface area contributed by atoms with Gasteiger partial charge in [0, 0.05) is 23.3 Å². The van der Waals surface area contributed by atoms with Gasteiger partial charge in [0.25, 0.3) is 0 Å². The van der Waals surface area contributed by atoms with E-state index in [1.807, 2.05) is 6.07 Å². The van der Waals surface area contributed by atoms with Crippen LogP contribution >= 0.6 is 11.8 Å². The van der Waals surface area contributed by atoms with E-state index in [0.29, 0.717) is 17.1 Å². The third-order valence-electron chi connectivity index (χ3n) is 5.16. The third kappa shape index (κ3) is 2.80. The number of fused-ring (bicyclic) bond motifs is 1. The van der Waals surface area contributed by atoms with E-state index in [9.17, 15) is 29.0 Å². The number of nitriles is 3. The Morgan fingerprint density at radius 2 is 1.81 bits per heavy atom. The van der Waals surface area contributed by atoms with E-state index in [1.165, 1.54) is 30.0 Å². The highest BCUT2D eigenvalue weighted by Crippen LogP contribution is 2.56. The van der Waals surface area contributed by atoms with Crippen molar-refractivity contribution in [1.29, 1.82) is 21.2 Å². The number of benzene rings is 1. The largest absolute Gasteiger partial charge is 0.416 e. The molecule has 8 heteroatoms. The van der Waals surface area contributed by atoms with Crippen molar-refractivity contribution in [2.45, 2.75) is 12.1 Å². The summed E-state index contributed by atoms with van der Waals surface area (Å²) >= 11 is 1.47. The zero-order valence-corrected chi connectivity index (χ0v) is 14.7. The first-order valence-corrected chi connectivity index (χ1v) is 9.22. The van der Waals surface area contributed by atoms with Crippen molar-refractivity contribution in [3.8, 4) is 18.2 Å². The van der Waals surface area contributed by atoms with Gasteiger partial charge in [0.1, 0.15) is 5.92 Å². The van der Waals surface area contributed by atoms with Crippen LogP contribution in [0.15, 0.2) is 35.9 Å². The molecule has 1 saturated carbocycles. The number of thioether (sulfide) groups is 1. The number of nitrogens with one attached hydrogen (secondary N) is 1. The highest BCUT2D eigenvalue weighted by Gasteiger charge is 2.58. The van der Waals surface area contributed by atoms with Crippen molar-refractivity contribution in [3.63, 3.8) is 0 Å². The molecule has 136 valence electrons. The lowest BCUT2D eigenvalue weighted by Gasteiger charge is -2.46. The number of hydrogen-bond acceptors (Lipinski definition) is 5. The molecule has 1 aliphatic heterocycles. The minimum Gasteiger partial charge on any atom is -0.305 e. The zero-order chi connectivity index (χ0) is 19.8. The fourth-order valence-electron chi connectivity index (χ4n) is 3.98. The van der Waals surface area contributed by atoms with Gasteiger partial charge >= 0.3 is 6.18 Å². The molecule has 0 bridgehead atoms. The predicted molar refractivity (Wildman–Crippen MR) is 93.6 cm³/mol. The maximum absolute atomic E-state index is 13.6. The van der Waals surface area contributed by atoms with Gasteiger partial charge in [-0.15, -0.1) is 0 Å². The number of allylic oxidation sites excluding steroid dienone is 1. The van der Waals surface area contributed by atoms with Crippen LogP contribution < -0.4 is 0 Å². The van der Waals surface area contributed by atoms with E-state index >= 15 is 0 Å². The van der Waals surface area contributed by atoms with Crippen LogP contribution in [-0.2, 0) is 6.18 Å². The second kappa shape index (κ2) is 6.76. The van der Waals surface area contributed by atoms with Crippen LogP contribution in [0.3, 0.4) is 0 Å². The van der Waals surface area contributed by atoms with Crippen molar-refractivity contribution in [3.05, 3.63) is 47.0 Å². The Labute approximate surface area is 158 Å². The summed E-state index contributed by atoms with van der Waals surface area (Å²) in [6.07, 6.45) is -2.91. The normalized spacial score (nSPS) is 26.7. The van der Waals surface area contributed by atoms with E-state index < -0.39 is 40.6 Å². The maximum Gasteiger partial charge on any atom is 0.416 e. The van der Waals surface area contributed by atoms with Crippen molar-refractivity contribution >= 4 is 17.5 Å². The molecule has 1 aliphatic carbocycles. The van der Waals surface area contributed by atoms with E-state index in [0.717, 1.165) is 6.07 Å². The summed E-state index contributed by atoms with van der Waals surface area (Å²) in [6.45, 7) is 0. The average molecular weight is 386 g/mol. The molecule has 27 heavy (non-hydrogen) atoms. The summed E-state index contributed by atoms with van der Waals surface area (Å²) in [5, 5.41) is 37.5. The summed E-state index contributed by atoms with van der Waals surface area (Å²) in [5.41, 5.74) is -3.10. The average Bonchev–Trinajstić information content (AvgIpc) is 2.66. The molecule has 4 nitrogen and oxygen atoms in total. The molecule has 1 heterocycles. The standard InChI is InChI=1S/C19H13F3N4S/c20-19(21,22)15-4-2-1-3-12(15)16-14-8-27-6-5-11(14)13(7-23)17(26)18(16,9-24)10-25/h1-5,13-14,16,26H,6,8H2/t13-,14-,16-/m0/s1. The molecule has 2 aliphatic rings. The highest BCUT2D eigenvalue weighted by atomic mass is 32.2. The number of rotatable bonds is 1. The van der Waals surface area contributed by atoms with Crippen LogP contribution in [0.2, 0.25) is 0 Å². The highest BCUT2D eigenvalue weighted by molar-refractivity contribution is 7.99.